The minimum Gasteiger partial charge on any atom is -0.382 e. The van der Waals surface area contributed by atoms with E-state index in [4.69, 9.17) is 123 Å². The summed E-state index contributed by atoms with van der Waals surface area (Å²) in [5, 5.41) is 30.7. The van der Waals surface area contributed by atoms with E-state index >= 15 is 0 Å². The maximum absolute atomic E-state index is 8.10. The second-order valence-electron chi connectivity index (χ2n) is 18.4. The predicted molar refractivity (Wildman–Crippen MR) is 301 cm³/mol. The maximum atomic E-state index is 8.10. The van der Waals surface area contributed by atoms with Crippen molar-refractivity contribution in [3.05, 3.63) is 56.6 Å². The van der Waals surface area contributed by atoms with Crippen molar-refractivity contribution in [1.82, 2.24) is 45.0 Å². The van der Waals surface area contributed by atoms with Crippen LogP contribution in [0, 0.1) is 75.6 Å². The Morgan fingerprint density at radius 1 is 0.556 bits per heavy atom. The first kappa shape index (κ1) is 67.4. The number of aromatic nitrogens is 9. The Balaban J connectivity index is 0.000000245. The van der Waals surface area contributed by atoms with Gasteiger partial charge in [0.15, 0.2) is 0 Å². The van der Waals surface area contributed by atoms with Crippen molar-refractivity contribution < 1.29 is 47.4 Å². The fourth-order valence-corrected chi connectivity index (χ4v) is 8.67. The Hall–Kier alpha value is -6.11. The van der Waals surface area contributed by atoms with Crippen molar-refractivity contribution in [3.8, 4) is 61.7 Å². The van der Waals surface area contributed by atoms with Crippen LogP contribution in [0.15, 0.2) is 28.8 Å². The molecule has 8 heterocycles. The second-order valence-corrected chi connectivity index (χ2v) is 18.4. The van der Waals surface area contributed by atoms with Crippen LogP contribution in [0.2, 0.25) is 0 Å². The summed E-state index contributed by atoms with van der Waals surface area (Å²) in [5.74, 6) is 12.4. The molecule has 15 atom stereocenters. The van der Waals surface area contributed by atoms with Gasteiger partial charge in [-0.05, 0) is 63.9 Å². The zero-order chi connectivity index (χ0) is 58.9. The standard InChI is InChI=1S/C19H24B3N6O4.C11H14BN3O2.C8H10B2N3O2.C8H10BN3O2.C3H4/c1-3-4-14-16(7-19(22-21)32-14)30-11-28-9-13(24-26-28)5-17-15(6-18(20)31-17)29-10-27-8-12(2)23-25-27;1-3-4-9-10(5-11(12)17-9)16-7-15-6-8(2)13-14-15;1-2-3-6-7(14-5-12-13-11)4-8(10-9)15-6;1-2-3-6-7(4-8(9)14-6)13-5-11-12-10;1-3-2/h1,8-9,14-19H,4-7,10-11H2,2H3;1,6,9-11H,4-5,7H2,2H3;1,6-8H,3-5H2;1,6-8H,3-5H2;1H,2H3. The molecule has 5 aliphatic heterocycles. The highest BCUT2D eigenvalue weighted by molar-refractivity contribution is 6.90. The molecular weight excluding hydrogens is 1030 g/mol. The van der Waals surface area contributed by atoms with Gasteiger partial charge in [-0.25, -0.2) is 14.0 Å². The summed E-state index contributed by atoms with van der Waals surface area (Å²) in [6, 6.07) is -1.32. The molecule has 15 unspecified atom stereocenters. The van der Waals surface area contributed by atoms with Crippen molar-refractivity contribution in [2.24, 2.45) is 10.2 Å². The molecule has 0 amide bonds. The van der Waals surface area contributed by atoms with Crippen LogP contribution in [-0.4, -0.2) is 203 Å². The summed E-state index contributed by atoms with van der Waals surface area (Å²) >= 11 is 0. The van der Waals surface area contributed by atoms with Crippen LogP contribution in [0.25, 0.3) is 20.9 Å². The summed E-state index contributed by atoms with van der Waals surface area (Å²) in [4.78, 5) is 5.17. The molecule has 5 saturated heterocycles. The van der Waals surface area contributed by atoms with Crippen LogP contribution in [0.1, 0.15) is 81.8 Å². The number of nitrogens with zero attached hydrogens (tertiary/aromatic N) is 15. The number of hydrogen-bond acceptors (Lipinski definition) is 18. The molecule has 32 heteroatoms. The molecule has 3 aromatic rings. The molecule has 12 radical (unpaired) electrons. The molecular formula is C49H62B7N15O10. The van der Waals surface area contributed by atoms with Gasteiger partial charge >= 0.3 is 0 Å². The smallest absolute Gasteiger partial charge is 0.141 e. The SMILES string of the molecule is C#CC.[B]C1CC(OCN=[N+]=[N-])C(CC#C)O1.[B]C1CC(OCn2cc(C)nn2)C(CC#C)O1.[B][B]C1CC(OCN=[N+]=[N-])C(CC#C)O1.[B][B]C1CC(OCn2cc(CC3OC([B])CC3OCn3cc(C)nn3)nn2)C(CC#C)O1. The Morgan fingerprint density at radius 3 is 1.26 bits per heavy atom. The highest BCUT2D eigenvalue weighted by atomic mass is 16.6. The van der Waals surface area contributed by atoms with Crippen LogP contribution in [-0.2, 0) is 74.0 Å². The third-order valence-electron chi connectivity index (χ3n) is 12.2. The van der Waals surface area contributed by atoms with Gasteiger partial charge in [0.25, 0.3) is 0 Å². The average molecular weight is 1100 g/mol. The number of terminal acetylenes is 5. The van der Waals surface area contributed by atoms with Crippen LogP contribution in [0.5, 0.6) is 0 Å². The number of rotatable bonds is 23. The lowest BCUT2D eigenvalue weighted by Gasteiger charge is -2.18. The summed E-state index contributed by atoms with van der Waals surface area (Å²) in [5.41, 5.74) is 18.6. The van der Waals surface area contributed by atoms with Crippen molar-refractivity contribution in [2.45, 2.75) is 196 Å². The van der Waals surface area contributed by atoms with Crippen molar-refractivity contribution >= 4 is 53.4 Å². The van der Waals surface area contributed by atoms with E-state index in [0.29, 0.717) is 70.9 Å². The highest BCUT2D eigenvalue weighted by Crippen LogP contribution is 2.28. The first-order chi connectivity index (χ1) is 39.2. The Labute approximate surface area is 482 Å². The van der Waals surface area contributed by atoms with E-state index in [1.807, 2.05) is 32.4 Å². The largest absolute Gasteiger partial charge is 0.382 e. The minimum atomic E-state index is -0.386. The molecule has 3 aromatic heterocycles. The summed E-state index contributed by atoms with van der Waals surface area (Å²) in [6.45, 7) is 6.22. The van der Waals surface area contributed by atoms with Gasteiger partial charge < -0.3 is 47.4 Å². The zero-order valence-corrected chi connectivity index (χ0v) is 45.7. The van der Waals surface area contributed by atoms with E-state index in [9.17, 15) is 0 Å². The van der Waals surface area contributed by atoms with Crippen LogP contribution in [0.3, 0.4) is 0 Å². The van der Waals surface area contributed by atoms with Crippen LogP contribution in [0.4, 0.5) is 0 Å². The lowest BCUT2D eigenvalue weighted by molar-refractivity contribution is -0.0442. The van der Waals surface area contributed by atoms with E-state index in [2.05, 4.69) is 87.0 Å². The molecule has 0 aliphatic carbocycles. The predicted octanol–water partition coefficient (Wildman–Crippen LogP) is 1.70. The molecule has 0 N–H and O–H groups in total. The monoisotopic (exact) mass is 1100 g/mol. The van der Waals surface area contributed by atoms with Gasteiger partial charge in [0.05, 0.1) is 111 Å². The zero-order valence-electron chi connectivity index (χ0n) is 45.7. The lowest BCUT2D eigenvalue weighted by atomic mass is 9.51. The quantitative estimate of drug-likeness (QED) is 0.0430. The second kappa shape index (κ2) is 37.8. The molecule has 8 rings (SSSR count). The molecule has 81 heavy (non-hydrogen) atoms. The highest BCUT2D eigenvalue weighted by Gasteiger charge is 2.38. The van der Waals surface area contributed by atoms with Gasteiger partial charge in [0.1, 0.15) is 57.2 Å². The van der Waals surface area contributed by atoms with Gasteiger partial charge in [-0.1, -0.05) is 25.9 Å². The summed E-state index contributed by atoms with van der Waals surface area (Å²) in [6.07, 6.45) is 35.0. The number of azide groups is 2. The fraction of sp³-hybridized carbons (Fsp3) is 0.673. The minimum absolute atomic E-state index is 0.0110. The van der Waals surface area contributed by atoms with Gasteiger partial charge in [-0.2, -0.15) is 0 Å². The normalized spacial score (nSPS) is 28.5. The summed E-state index contributed by atoms with van der Waals surface area (Å²) in [7, 11) is 31.2. The van der Waals surface area contributed by atoms with Gasteiger partial charge in [-0.3, -0.25) is 0 Å². The fourth-order valence-electron chi connectivity index (χ4n) is 8.67. The molecule has 0 saturated carbocycles. The van der Waals surface area contributed by atoms with Crippen molar-refractivity contribution in [1.29, 1.82) is 0 Å². The third-order valence-corrected chi connectivity index (χ3v) is 12.2. The summed E-state index contributed by atoms with van der Waals surface area (Å²) < 4.78 is 61.0. The van der Waals surface area contributed by atoms with Crippen molar-refractivity contribution in [2.75, 3.05) is 13.5 Å². The first-order valence-corrected chi connectivity index (χ1v) is 25.7. The number of aryl methyl sites for hydroxylation is 2. The molecule has 414 valence electrons. The molecule has 0 bridgehead atoms. The number of hydrogen-bond donors (Lipinski definition) is 0. The molecule has 0 spiro atoms. The Kier molecular flexibility index (Phi) is 31.5. The van der Waals surface area contributed by atoms with Gasteiger partial charge in [0, 0.05) is 87.4 Å². The van der Waals surface area contributed by atoms with Gasteiger partial charge in [-0.15, -0.1) is 77.0 Å². The van der Waals surface area contributed by atoms with Gasteiger partial charge in [0.2, 0.25) is 0 Å². The van der Waals surface area contributed by atoms with Crippen LogP contribution >= 0.6 is 0 Å². The van der Waals surface area contributed by atoms with E-state index < -0.39 is 0 Å². The molecule has 25 nitrogen and oxygen atoms in total. The molecule has 0 aromatic carbocycles. The van der Waals surface area contributed by atoms with Crippen molar-refractivity contribution in [3.63, 3.8) is 0 Å². The number of ether oxygens (including phenoxy) is 10. The Morgan fingerprint density at radius 2 is 0.889 bits per heavy atom. The third kappa shape index (κ3) is 24.1. The Bertz CT molecular complexity index is 2630. The van der Waals surface area contributed by atoms with Crippen LogP contribution < -0.4 is 0 Å². The van der Waals surface area contributed by atoms with E-state index in [0.717, 1.165) is 17.1 Å². The van der Waals surface area contributed by atoms with E-state index in [-0.39, 0.29) is 118 Å². The topological polar surface area (TPSA) is 282 Å². The molecule has 5 aliphatic rings. The van der Waals surface area contributed by atoms with E-state index in [1.165, 1.54) is 14.3 Å². The van der Waals surface area contributed by atoms with E-state index in [1.54, 1.807) is 21.0 Å². The molecule has 5 fully saturated rings. The lowest BCUT2D eigenvalue weighted by Crippen LogP contribution is -2.28. The average Bonchev–Trinajstić information content (AvgIpc) is 4.34. The first-order valence-electron chi connectivity index (χ1n) is 25.7. The maximum Gasteiger partial charge on any atom is 0.141 e.